The highest BCUT2D eigenvalue weighted by atomic mass is 32.2. The largest absolute Gasteiger partial charge is 0.358 e. The molecule has 2 nitrogen and oxygen atoms in total. The molecule has 0 aliphatic carbocycles. The maximum atomic E-state index is 6.12. The number of unbranched alkanes of at least 4 members (excludes halogenated alkanes) is 18. The van der Waals surface area contributed by atoms with Crippen LogP contribution < -0.4 is 0 Å². The molecule has 1 aliphatic heterocycles. The van der Waals surface area contributed by atoms with Gasteiger partial charge in [0.15, 0.2) is 0 Å². The third-order valence-corrected chi connectivity index (χ3v) is 10.9. The van der Waals surface area contributed by atoms with Crippen molar-refractivity contribution >= 4 is 11.8 Å². The lowest BCUT2D eigenvalue weighted by molar-refractivity contribution is 0.352. The molecule has 3 heteroatoms. The summed E-state index contributed by atoms with van der Waals surface area (Å²) in [6.07, 6.45) is 56.9. The van der Waals surface area contributed by atoms with E-state index >= 15 is 0 Å². The Morgan fingerprint density at radius 1 is 0.511 bits per heavy atom. The maximum absolute atomic E-state index is 6.12. The molecule has 2 atom stereocenters. The van der Waals surface area contributed by atoms with Gasteiger partial charge in [-0.05, 0) is 111 Å². The van der Waals surface area contributed by atoms with Gasteiger partial charge in [0, 0.05) is 5.25 Å². The maximum Gasteiger partial charge on any atom is 0.130 e. The highest BCUT2D eigenvalue weighted by Crippen LogP contribution is 2.41. The van der Waals surface area contributed by atoms with Gasteiger partial charge in [-0.15, -0.1) is 11.8 Å². The van der Waals surface area contributed by atoms with Crippen LogP contribution in [-0.2, 0) is 4.74 Å². The molecule has 0 amide bonds. The molecule has 0 radical (unpaired) electrons. The molecule has 0 aromatic rings. The lowest BCUT2D eigenvalue weighted by Gasteiger charge is -2.16. The summed E-state index contributed by atoms with van der Waals surface area (Å²) < 4.78 is 6.12. The van der Waals surface area contributed by atoms with E-state index in [0.29, 0.717) is 11.5 Å². The second-order valence-corrected chi connectivity index (χ2v) is 15.9. The Labute approximate surface area is 300 Å². The number of ether oxygens (including phenoxy) is 1. The first-order valence-electron chi connectivity index (χ1n) is 20.7. The molecular weight excluding hydrogens is 591 g/mol. The van der Waals surface area contributed by atoms with Gasteiger partial charge in [-0.1, -0.05) is 152 Å². The molecule has 0 spiro atoms. The number of hydrogen-bond acceptors (Lipinski definition) is 3. The Bertz CT molecular complexity index is 708. The predicted molar refractivity (Wildman–Crippen MR) is 216 cm³/mol. The molecule has 1 fully saturated rings. The Kier molecular flexibility index (Phi) is 33.0. The summed E-state index contributed by atoms with van der Waals surface area (Å²) in [5.41, 5.74) is 0.483. The lowest BCUT2D eigenvalue weighted by atomic mass is 10.0. The first kappa shape index (κ1) is 44.3. The number of allylic oxidation sites excluding steroid dienone is 8. The molecular formula is C44H81NOS. The molecule has 1 aliphatic rings. The average molecular weight is 672 g/mol. The third kappa shape index (κ3) is 32.2. The number of rotatable bonds is 36. The summed E-state index contributed by atoms with van der Waals surface area (Å²) in [5.74, 6) is 0. The smallest absolute Gasteiger partial charge is 0.130 e. The second kappa shape index (κ2) is 35.1. The highest BCUT2D eigenvalue weighted by molar-refractivity contribution is 8.00. The minimum Gasteiger partial charge on any atom is -0.358 e. The number of thioether (sulfide) groups is 1. The zero-order valence-electron chi connectivity index (χ0n) is 32.1. The molecule has 1 saturated heterocycles. The fourth-order valence-electron chi connectivity index (χ4n) is 6.25. The van der Waals surface area contributed by atoms with Gasteiger partial charge in [0.05, 0.1) is 6.10 Å². The summed E-state index contributed by atoms with van der Waals surface area (Å²) in [5, 5.41) is 0.801. The lowest BCUT2D eigenvalue weighted by Crippen LogP contribution is -2.13. The van der Waals surface area contributed by atoms with E-state index < -0.39 is 0 Å². The van der Waals surface area contributed by atoms with Crippen molar-refractivity contribution in [2.45, 2.75) is 210 Å². The second-order valence-electron chi connectivity index (χ2n) is 14.5. The average Bonchev–Trinajstić information content (AvgIpc) is 3.81. The summed E-state index contributed by atoms with van der Waals surface area (Å²) in [7, 11) is 4.35. The molecule has 47 heavy (non-hydrogen) atoms. The van der Waals surface area contributed by atoms with Crippen molar-refractivity contribution in [3.63, 3.8) is 0 Å². The van der Waals surface area contributed by atoms with Crippen LogP contribution in [0.1, 0.15) is 194 Å². The number of hydrogen-bond donors (Lipinski definition) is 0. The van der Waals surface area contributed by atoms with Crippen LogP contribution in [0.3, 0.4) is 0 Å². The number of epoxide rings is 1. The highest BCUT2D eigenvalue weighted by Gasteiger charge is 2.40. The van der Waals surface area contributed by atoms with E-state index in [1.165, 1.54) is 173 Å². The van der Waals surface area contributed by atoms with E-state index in [4.69, 9.17) is 4.74 Å². The van der Waals surface area contributed by atoms with Gasteiger partial charge in [-0.25, -0.2) is 0 Å². The molecule has 0 N–H and O–H groups in total. The van der Waals surface area contributed by atoms with Crippen molar-refractivity contribution in [1.29, 1.82) is 0 Å². The summed E-state index contributed by atoms with van der Waals surface area (Å²) in [4.78, 5) is 2.30. The van der Waals surface area contributed by atoms with E-state index in [0.717, 1.165) is 18.1 Å². The molecule has 2 unspecified atom stereocenters. The monoisotopic (exact) mass is 672 g/mol. The fraction of sp³-hybridized carbons (Fsp3) is 0.818. The number of nitrogens with zero attached hydrogens (tertiary/aromatic N) is 1. The minimum atomic E-state index is 0.483. The standard InChI is InChI=1S/C44H81NOS/c1-5-7-9-11-13-15-17-19-21-23-25-27-29-31-33-35-38-42(47-44-43(46-44)40-37-41-45(3)4)39-36-34-32-30-28-26-24-22-20-18-16-14-12-10-8-6-2/h13-16,19-22,42-44H,5-12,17-18,23-41H2,1-4H3. The van der Waals surface area contributed by atoms with Gasteiger partial charge in [0.1, 0.15) is 5.44 Å². The summed E-state index contributed by atoms with van der Waals surface area (Å²) in [6.45, 7) is 5.73. The van der Waals surface area contributed by atoms with Gasteiger partial charge in [-0.2, -0.15) is 0 Å². The summed E-state index contributed by atoms with van der Waals surface area (Å²) in [6, 6.07) is 0. The van der Waals surface area contributed by atoms with Gasteiger partial charge >= 0.3 is 0 Å². The zero-order chi connectivity index (χ0) is 33.9. The van der Waals surface area contributed by atoms with Crippen LogP contribution >= 0.6 is 11.8 Å². The van der Waals surface area contributed by atoms with E-state index in [2.05, 4.69) is 93.2 Å². The van der Waals surface area contributed by atoms with Crippen molar-refractivity contribution < 1.29 is 4.74 Å². The van der Waals surface area contributed by atoms with Gasteiger partial charge < -0.3 is 9.64 Å². The zero-order valence-corrected chi connectivity index (χ0v) is 32.9. The van der Waals surface area contributed by atoms with Gasteiger partial charge in [0.2, 0.25) is 0 Å². The fourth-order valence-corrected chi connectivity index (χ4v) is 7.75. The van der Waals surface area contributed by atoms with Crippen LogP contribution in [0.4, 0.5) is 0 Å². The van der Waals surface area contributed by atoms with E-state index in [9.17, 15) is 0 Å². The van der Waals surface area contributed by atoms with Crippen LogP contribution in [-0.4, -0.2) is 42.3 Å². The van der Waals surface area contributed by atoms with Crippen molar-refractivity contribution in [3.05, 3.63) is 48.6 Å². The Hall–Kier alpha value is -0.770. The molecule has 0 aromatic carbocycles. The molecule has 1 heterocycles. The quantitative estimate of drug-likeness (QED) is 0.0374. The van der Waals surface area contributed by atoms with E-state index in [-0.39, 0.29) is 0 Å². The molecule has 0 aromatic heterocycles. The van der Waals surface area contributed by atoms with Crippen LogP contribution in [0, 0.1) is 0 Å². The Balaban J connectivity index is 2.12. The predicted octanol–water partition coefficient (Wildman–Crippen LogP) is 14.6. The first-order chi connectivity index (χ1) is 23.2. The third-order valence-electron chi connectivity index (χ3n) is 9.41. The van der Waals surface area contributed by atoms with Gasteiger partial charge in [0.25, 0.3) is 0 Å². The van der Waals surface area contributed by atoms with Crippen LogP contribution in [0.5, 0.6) is 0 Å². The van der Waals surface area contributed by atoms with Crippen LogP contribution in [0.15, 0.2) is 48.6 Å². The van der Waals surface area contributed by atoms with Gasteiger partial charge in [-0.3, -0.25) is 0 Å². The SMILES string of the molecule is CCCCCC=CCC=CCCCCCCCCC(CCCCCCCCC=CCC=CCCCCC)SC1OC1CCCN(C)C. The van der Waals surface area contributed by atoms with Crippen molar-refractivity contribution in [2.75, 3.05) is 20.6 Å². The van der Waals surface area contributed by atoms with E-state index in [1.807, 2.05) is 0 Å². The molecule has 274 valence electrons. The Morgan fingerprint density at radius 2 is 0.915 bits per heavy atom. The minimum absolute atomic E-state index is 0.483. The van der Waals surface area contributed by atoms with Crippen LogP contribution in [0.25, 0.3) is 0 Å². The Morgan fingerprint density at radius 3 is 1.34 bits per heavy atom. The molecule has 0 bridgehead atoms. The van der Waals surface area contributed by atoms with Crippen LogP contribution in [0.2, 0.25) is 0 Å². The normalized spacial score (nSPS) is 17.5. The molecule has 1 rings (SSSR count). The van der Waals surface area contributed by atoms with Crippen molar-refractivity contribution in [2.24, 2.45) is 0 Å². The van der Waals surface area contributed by atoms with Crippen molar-refractivity contribution in [3.8, 4) is 0 Å². The molecule has 0 saturated carbocycles. The summed E-state index contributed by atoms with van der Waals surface area (Å²) >= 11 is 2.19. The van der Waals surface area contributed by atoms with E-state index in [1.54, 1.807) is 0 Å². The first-order valence-corrected chi connectivity index (χ1v) is 21.7. The topological polar surface area (TPSA) is 15.8 Å². The van der Waals surface area contributed by atoms with Crippen molar-refractivity contribution in [1.82, 2.24) is 4.90 Å².